The SMILES string of the molecule is CC(=O)CCC(=O)O[C@@H]1C[C@]2(C)C(=O)CC[C@H]2C2=C1[C@]1(C)c3c(coc3C2=O)C(=O)O[C@@H]1C. The van der Waals surface area contributed by atoms with Crippen LogP contribution >= 0.6 is 0 Å². The number of hydrogen-bond acceptors (Lipinski definition) is 8. The van der Waals surface area contributed by atoms with Gasteiger partial charge in [-0.2, -0.15) is 0 Å². The molecule has 4 aliphatic rings. The van der Waals surface area contributed by atoms with Gasteiger partial charge in [-0.3, -0.25) is 14.4 Å². The Morgan fingerprint density at radius 3 is 2.61 bits per heavy atom. The molecule has 0 unspecified atom stereocenters. The normalized spacial score (nSPS) is 34.4. The fourth-order valence-corrected chi connectivity index (χ4v) is 6.34. The largest absolute Gasteiger partial charge is 0.460 e. The van der Waals surface area contributed by atoms with Crippen molar-refractivity contribution in [1.29, 1.82) is 0 Å². The number of ether oxygens (including phenoxy) is 2. The van der Waals surface area contributed by atoms with E-state index in [1.807, 2.05) is 13.8 Å². The van der Waals surface area contributed by atoms with E-state index in [1.54, 1.807) is 6.92 Å². The fourth-order valence-electron chi connectivity index (χ4n) is 6.34. The highest BCUT2D eigenvalue weighted by atomic mass is 16.6. The summed E-state index contributed by atoms with van der Waals surface area (Å²) in [6.45, 7) is 6.86. The first-order valence-electron chi connectivity index (χ1n) is 11.3. The Bertz CT molecular complexity index is 1170. The molecular weight excluding hydrogens is 428 g/mol. The van der Waals surface area contributed by atoms with Crippen LogP contribution in [0.5, 0.6) is 0 Å². The van der Waals surface area contributed by atoms with Crippen molar-refractivity contribution < 1.29 is 37.9 Å². The lowest BCUT2D eigenvalue weighted by molar-refractivity contribution is -0.152. The highest BCUT2D eigenvalue weighted by Crippen LogP contribution is 2.61. The summed E-state index contributed by atoms with van der Waals surface area (Å²) < 4.78 is 17.1. The predicted molar refractivity (Wildman–Crippen MR) is 113 cm³/mol. The van der Waals surface area contributed by atoms with Crippen LogP contribution in [0.25, 0.3) is 0 Å². The molecule has 5 rings (SSSR count). The first-order chi connectivity index (χ1) is 15.5. The van der Waals surface area contributed by atoms with Gasteiger partial charge in [0.25, 0.3) is 0 Å². The predicted octanol–water partition coefficient (Wildman–Crippen LogP) is 3.26. The van der Waals surface area contributed by atoms with E-state index in [2.05, 4.69) is 0 Å². The van der Waals surface area contributed by atoms with Gasteiger partial charge in [-0.1, -0.05) is 6.92 Å². The Balaban J connectivity index is 1.70. The number of fused-ring (bicyclic) bond motifs is 3. The van der Waals surface area contributed by atoms with Gasteiger partial charge in [-0.25, -0.2) is 4.79 Å². The number of furan rings is 1. The minimum atomic E-state index is -0.951. The summed E-state index contributed by atoms with van der Waals surface area (Å²) in [7, 11) is 0. The van der Waals surface area contributed by atoms with E-state index < -0.39 is 35.0 Å². The summed E-state index contributed by atoms with van der Waals surface area (Å²) in [4.78, 5) is 63.3. The summed E-state index contributed by atoms with van der Waals surface area (Å²) in [6, 6.07) is 0. The lowest BCUT2D eigenvalue weighted by Crippen LogP contribution is -2.55. The van der Waals surface area contributed by atoms with Gasteiger partial charge in [0, 0.05) is 41.7 Å². The standard InChI is InChI=1S/C25H26O8/c1-11(26)5-8-17(28)33-15-9-24(3)14(6-7-16(24)27)18-20(15)25(4)12(2)32-23(30)13-10-31-22(19(13)25)21(18)29/h10,12,14-15H,5-9H2,1-4H3/t12-,14+,15-,24+,25+/m1/s1. The third-order valence-corrected chi connectivity index (χ3v) is 8.23. The minimum Gasteiger partial charge on any atom is -0.460 e. The summed E-state index contributed by atoms with van der Waals surface area (Å²) in [5, 5.41) is 0. The van der Waals surface area contributed by atoms with E-state index in [4.69, 9.17) is 13.9 Å². The molecule has 0 spiro atoms. The third-order valence-electron chi connectivity index (χ3n) is 8.23. The number of carbonyl (C=O) groups excluding carboxylic acids is 5. The maximum absolute atomic E-state index is 13.7. The Hall–Kier alpha value is -3.03. The number of hydrogen-bond donors (Lipinski definition) is 0. The van der Waals surface area contributed by atoms with Crippen LogP contribution in [0.4, 0.5) is 0 Å². The molecule has 0 N–H and O–H groups in total. The number of Topliss-reactive ketones (excluding diaryl/α,β-unsaturated/α-hetero) is 3. The Morgan fingerprint density at radius 1 is 1.18 bits per heavy atom. The van der Waals surface area contributed by atoms with Crippen molar-refractivity contribution in [3.05, 3.63) is 34.3 Å². The van der Waals surface area contributed by atoms with E-state index in [9.17, 15) is 24.0 Å². The molecular formula is C25H26O8. The van der Waals surface area contributed by atoms with E-state index in [0.29, 0.717) is 29.6 Å². The molecule has 0 amide bonds. The molecule has 1 aromatic heterocycles. The topological polar surface area (TPSA) is 117 Å². The average molecular weight is 454 g/mol. The zero-order chi connectivity index (χ0) is 23.9. The van der Waals surface area contributed by atoms with Crippen molar-refractivity contribution in [1.82, 2.24) is 0 Å². The zero-order valence-electron chi connectivity index (χ0n) is 19.1. The van der Waals surface area contributed by atoms with Crippen LogP contribution in [0.15, 0.2) is 21.8 Å². The van der Waals surface area contributed by atoms with E-state index in [-0.39, 0.29) is 53.9 Å². The van der Waals surface area contributed by atoms with Gasteiger partial charge in [-0.05, 0) is 32.8 Å². The number of carbonyl (C=O) groups is 5. The van der Waals surface area contributed by atoms with Crippen LogP contribution in [-0.4, -0.2) is 41.5 Å². The highest BCUT2D eigenvalue weighted by molar-refractivity contribution is 6.14. The van der Waals surface area contributed by atoms with Gasteiger partial charge in [0.2, 0.25) is 5.78 Å². The van der Waals surface area contributed by atoms with Gasteiger partial charge in [0.15, 0.2) is 5.76 Å². The van der Waals surface area contributed by atoms with Crippen molar-refractivity contribution in [3.8, 4) is 0 Å². The highest BCUT2D eigenvalue weighted by Gasteiger charge is 2.63. The van der Waals surface area contributed by atoms with E-state index in [1.165, 1.54) is 13.2 Å². The van der Waals surface area contributed by atoms with Crippen molar-refractivity contribution in [3.63, 3.8) is 0 Å². The van der Waals surface area contributed by atoms with Crippen LogP contribution in [0.3, 0.4) is 0 Å². The molecule has 174 valence electrons. The Labute approximate surface area is 190 Å². The molecule has 2 heterocycles. The van der Waals surface area contributed by atoms with Gasteiger partial charge < -0.3 is 18.7 Å². The van der Waals surface area contributed by atoms with Crippen LogP contribution in [0.2, 0.25) is 0 Å². The molecule has 8 nitrogen and oxygen atoms in total. The summed E-state index contributed by atoms with van der Waals surface area (Å²) >= 11 is 0. The van der Waals surface area contributed by atoms with Gasteiger partial charge in [0.1, 0.15) is 35.6 Å². The summed E-state index contributed by atoms with van der Waals surface area (Å²) in [5.41, 5.74) is -0.100. The molecule has 1 fully saturated rings. The smallest absolute Gasteiger partial charge is 0.342 e. The molecule has 8 heteroatoms. The second-order valence-corrected chi connectivity index (χ2v) is 10.1. The van der Waals surface area contributed by atoms with E-state index >= 15 is 0 Å². The number of allylic oxidation sites excluding steroid dienone is 1. The monoisotopic (exact) mass is 454 g/mol. The lowest BCUT2D eigenvalue weighted by atomic mass is 9.54. The lowest BCUT2D eigenvalue weighted by Gasteiger charge is -2.51. The quantitative estimate of drug-likeness (QED) is 0.637. The van der Waals surface area contributed by atoms with Crippen molar-refractivity contribution in [2.24, 2.45) is 11.3 Å². The molecule has 3 aliphatic carbocycles. The van der Waals surface area contributed by atoms with Crippen LogP contribution in [-0.2, 0) is 29.3 Å². The van der Waals surface area contributed by atoms with E-state index in [0.717, 1.165) is 0 Å². The molecule has 33 heavy (non-hydrogen) atoms. The van der Waals surface area contributed by atoms with Crippen molar-refractivity contribution in [2.75, 3.05) is 0 Å². The molecule has 1 saturated carbocycles. The van der Waals surface area contributed by atoms with Crippen LogP contribution in [0, 0.1) is 11.3 Å². The third kappa shape index (κ3) is 2.79. The maximum atomic E-state index is 13.7. The number of rotatable bonds is 4. The van der Waals surface area contributed by atoms with Gasteiger partial charge >= 0.3 is 11.9 Å². The fraction of sp³-hybridized carbons (Fsp3) is 0.560. The maximum Gasteiger partial charge on any atom is 0.342 e. The first kappa shape index (κ1) is 21.8. The Morgan fingerprint density at radius 2 is 1.91 bits per heavy atom. The van der Waals surface area contributed by atoms with Gasteiger partial charge in [-0.15, -0.1) is 0 Å². The molecule has 0 aromatic carbocycles. The van der Waals surface area contributed by atoms with Crippen molar-refractivity contribution >= 4 is 29.3 Å². The molecule has 1 aliphatic heterocycles. The molecule has 0 radical (unpaired) electrons. The summed E-state index contributed by atoms with van der Waals surface area (Å²) in [6.07, 6.45) is 0.828. The second kappa shape index (κ2) is 6.98. The van der Waals surface area contributed by atoms with Crippen LogP contribution < -0.4 is 0 Å². The minimum absolute atomic E-state index is 0.0378. The Kier molecular flexibility index (Phi) is 4.61. The zero-order valence-corrected chi connectivity index (χ0v) is 19.1. The molecule has 5 atom stereocenters. The molecule has 1 aromatic rings. The van der Waals surface area contributed by atoms with Gasteiger partial charge in [0.05, 0.1) is 11.8 Å². The van der Waals surface area contributed by atoms with Crippen molar-refractivity contribution in [2.45, 2.75) is 77.4 Å². The molecule has 0 saturated heterocycles. The second-order valence-electron chi connectivity index (χ2n) is 10.1. The molecule has 0 bridgehead atoms. The average Bonchev–Trinajstić information content (AvgIpc) is 3.31. The first-order valence-corrected chi connectivity index (χ1v) is 11.3. The summed E-state index contributed by atoms with van der Waals surface area (Å²) in [5.74, 6) is -1.81. The van der Waals surface area contributed by atoms with Crippen LogP contribution in [0.1, 0.15) is 86.3 Å². The number of ketones is 3. The number of esters is 2. The number of cyclic esters (lactones) is 1.